The molecule has 0 saturated heterocycles. The third-order valence-corrected chi connectivity index (χ3v) is 7.08. The molecule has 0 fully saturated rings. The highest BCUT2D eigenvalue weighted by Gasteiger charge is 2.34. The lowest BCUT2D eigenvalue weighted by Gasteiger charge is -2.17. The third kappa shape index (κ3) is 7.06. The van der Waals surface area contributed by atoms with Crippen molar-refractivity contribution in [3.63, 3.8) is 0 Å². The quantitative estimate of drug-likeness (QED) is 0.197. The molecule has 4 nitrogen and oxygen atoms in total. The maximum Gasteiger partial charge on any atom is 0.335 e. The van der Waals surface area contributed by atoms with Crippen molar-refractivity contribution in [3.8, 4) is 11.1 Å². The normalized spacial score (nSPS) is 12.3. The summed E-state index contributed by atoms with van der Waals surface area (Å²) in [4.78, 5) is -0.184. The second-order valence-electron chi connectivity index (χ2n) is 11.8. The molecule has 5 heteroatoms. The molecule has 0 atom stereocenters. The van der Waals surface area contributed by atoms with Crippen molar-refractivity contribution in [2.24, 2.45) is 0 Å². The summed E-state index contributed by atoms with van der Waals surface area (Å²) in [6.07, 6.45) is 0. The highest BCUT2D eigenvalue weighted by Crippen LogP contribution is 2.36. The Morgan fingerprint density at radius 2 is 1.16 bits per heavy atom. The van der Waals surface area contributed by atoms with Crippen LogP contribution < -0.4 is 0 Å². The molecule has 0 aliphatic heterocycles. The highest BCUT2D eigenvalue weighted by atomic mass is 32.2. The number of hydrogen-bond donors (Lipinski definition) is 0. The van der Waals surface area contributed by atoms with Gasteiger partial charge in [-0.2, -0.15) is 0 Å². The van der Waals surface area contributed by atoms with Crippen LogP contribution in [0.3, 0.4) is 0 Å². The van der Waals surface area contributed by atoms with E-state index in [0.29, 0.717) is 0 Å². The molecule has 0 bridgehead atoms. The molecule has 196 valence electrons. The summed E-state index contributed by atoms with van der Waals surface area (Å²) in [6.45, 7) is 19.8. The third-order valence-electron chi connectivity index (χ3n) is 6.25. The fraction of sp³-hybridized carbons (Fsp3) is 0.344. The molecule has 4 rings (SSSR count). The standard InChI is InChI=1S/C22H31O.C10H8O3S/c1-14-10-15(2)20(16(3)11-14)17-12-18(21(4,5)6)23-19(13-17)22(7,8)9;11-14(12,13)10-6-5-8-3-1-2-4-9(8)7-10/h10-13H,1-9H3;1-7H,(H,11,12,13)/q+1;/p-1. The van der Waals surface area contributed by atoms with Crippen molar-refractivity contribution < 1.29 is 17.4 Å². The summed E-state index contributed by atoms with van der Waals surface area (Å²) in [5.41, 5.74) is 6.55. The Morgan fingerprint density at radius 3 is 1.62 bits per heavy atom. The molecule has 0 unspecified atom stereocenters. The molecule has 0 N–H and O–H groups in total. The Labute approximate surface area is 222 Å². The van der Waals surface area contributed by atoms with E-state index >= 15 is 0 Å². The number of fused-ring (bicyclic) bond motifs is 1. The van der Waals surface area contributed by atoms with E-state index in [0.717, 1.165) is 22.3 Å². The second kappa shape index (κ2) is 10.4. The SMILES string of the molecule is Cc1cc(C)c(-c2cc(C(C)(C)C)[o+]c(C(C)(C)C)c2)c(C)c1.O=S(=O)([O-])c1ccc2ccccc2c1. The first-order chi connectivity index (χ1) is 17.0. The minimum atomic E-state index is -4.34. The first-order valence-corrected chi connectivity index (χ1v) is 13.9. The van der Waals surface area contributed by atoms with E-state index in [2.05, 4.69) is 86.6 Å². The van der Waals surface area contributed by atoms with Crippen LogP contribution in [0.15, 0.2) is 76.0 Å². The van der Waals surface area contributed by atoms with Crippen molar-refractivity contribution in [1.82, 2.24) is 0 Å². The molecule has 1 heterocycles. The van der Waals surface area contributed by atoms with Gasteiger partial charge in [0.15, 0.2) is 0 Å². The van der Waals surface area contributed by atoms with Crippen LogP contribution in [0.4, 0.5) is 0 Å². The summed E-state index contributed by atoms with van der Waals surface area (Å²) in [7, 11) is -4.34. The van der Waals surface area contributed by atoms with Gasteiger partial charge in [-0.3, -0.25) is 0 Å². The molecule has 0 spiro atoms. The summed E-state index contributed by atoms with van der Waals surface area (Å²) in [5, 5.41) is 1.67. The molecular weight excluding hydrogens is 480 g/mol. The zero-order chi connectivity index (χ0) is 27.8. The van der Waals surface area contributed by atoms with Crippen LogP contribution in [0.2, 0.25) is 0 Å². The minimum absolute atomic E-state index is 0.0114. The summed E-state index contributed by atoms with van der Waals surface area (Å²) < 4.78 is 38.4. The molecule has 4 aromatic rings. The monoisotopic (exact) mass is 518 g/mol. The van der Waals surface area contributed by atoms with Gasteiger partial charge >= 0.3 is 11.5 Å². The lowest BCUT2D eigenvalue weighted by Crippen LogP contribution is -2.16. The van der Waals surface area contributed by atoms with Crippen molar-refractivity contribution in [2.75, 3.05) is 0 Å². The first kappa shape index (κ1) is 28.5. The van der Waals surface area contributed by atoms with Gasteiger partial charge in [-0.15, -0.1) is 0 Å². The predicted molar refractivity (Wildman–Crippen MR) is 152 cm³/mol. The van der Waals surface area contributed by atoms with Crippen LogP contribution in [0.1, 0.15) is 69.8 Å². The molecule has 0 saturated carbocycles. The molecule has 1 aromatic heterocycles. The van der Waals surface area contributed by atoms with Crippen molar-refractivity contribution >= 4 is 20.9 Å². The molecule has 0 radical (unpaired) electrons. The van der Waals surface area contributed by atoms with Crippen LogP contribution >= 0.6 is 0 Å². The second-order valence-corrected chi connectivity index (χ2v) is 13.2. The fourth-order valence-electron chi connectivity index (χ4n) is 4.34. The molecule has 37 heavy (non-hydrogen) atoms. The van der Waals surface area contributed by atoms with E-state index in [4.69, 9.17) is 4.42 Å². The number of rotatable bonds is 2. The van der Waals surface area contributed by atoms with E-state index in [1.165, 1.54) is 39.9 Å². The van der Waals surface area contributed by atoms with Gasteiger partial charge < -0.3 is 4.55 Å². The predicted octanol–water partition coefficient (Wildman–Crippen LogP) is 8.49. The van der Waals surface area contributed by atoms with Gasteiger partial charge in [0.05, 0.1) is 15.7 Å². The Bertz CT molecular complexity index is 1480. The number of aryl methyl sites for hydroxylation is 3. The zero-order valence-electron chi connectivity index (χ0n) is 23.4. The molecule has 0 aliphatic rings. The van der Waals surface area contributed by atoms with Gasteiger partial charge in [-0.25, -0.2) is 12.8 Å². The average molecular weight is 519 g/mol. The molecule has 0 aliphatic carbocycles. The Morgan fingerprint density at radius 1 is 0.676 bits per heavy atom. The zero-order valence-corrected chi connectivity index (χ0v) is 24.2. The maximum atomic E-state index is 10.7. The van der Waals surface area contributed by atoms with Gasteiger partial charge in [-0.05, 0) is 102 Å². The Balaban J connectivity index is 0.000000231. The smallest absolute Gasteiger partial charge is 0.335 e. The van der Waals surface area contributed by atoms with Crippen molar-refractivity contribution in [1.29, 1.82) is 0 Å². The highest BCUT2D eigenvalue weighted by molar-refractivity contribution is 7.85. The summed E-state index contributed by atoms with van der Waals surface area (Å²) >= 11 is 0. The van der Waals surface area contributed by atoms with E-state index in [-0.39, 0.29) is 15.7 Å². The van der Waals surface area contributed by atoms with E-state index in [1.807, 2.05) is 12.1 Å². The molecule has 0 amide bonds. The van der Waals surface area contributed by atoms with Crippen molar-refractivity contribution in [2.45, 2.75) is 78.0 Å². The fourth-order valence-corrected chi connectivity index (χ4v) is 4.85. The lowest BCUT2D eigenvalue weighted by molar-refractivity contribution is 0.329. The van der Waals surface area contributed by atoms with Crippen LogP contribution in [-0.4, -0.2) is 13.0 Å². The first-order valence-electron chi connectivity index (χ1n) is 12.5. The minimum Gasteiger partial charge on any atom is -0.744 e. The van der Waals surface area contributed by atoms with Crippen LogP contribution in [0.5, 0.6) is 0 Å². The lowest BCUT2D eigenvalue weighted by atomic mass is 9.86. The van der Waals surface area contributed by atoms with Gasteiger partial charge in [0, 0.05) is 17.7 Å². The summed E-state index contributed by atoms with van der Waals surface area (Å²) in [5.74, 6) is 2.08. The number of hydrogen-bond acceptors (Lipinski definition) is 3. The Hall–Kier alpha value is -3.02. The van der Waals surface area contributed by atoms with E-state index in [1.54, 1.807) is 18.2 Å². The Kier molecular flexibility index (Phi) is 8.02. The van der Waals surface area contributed by atoms with Gasteiger partial charge in [0.2, 0.25) is 0 Å². The molecule has 3 aromatic carbocycles. The maximum absolute atomic E-state index is 10.7. The topological polar surface area (TPSA) is 68.5 Å². The van der Waals surface area contributed by atoms with Crippen LogP contribution in [0, 0.1) is 20.8 Å². The van der Waals surface area contributed by atoms with Gasteiger partial charge in [0.1, 0.15) is 10.1 Å². The molecular formula is C32H38O4S. The largest absolute Gasteiger partial charge is 0.744 e. The van der Waals surface area contributed by atoms with Crippen LogP contribution in [0.25, 0.3) is 21.9 Å². The number of benzene rings is 3. The van der Waals surface area contributed by atoms with Crippen LogP contribution in [-0.2, 0) is 20.9 Å². The van der Waals surface area contributed by atoms with Gasteiger partial charge in [-0.1, -0.05) is 48.0 Å². The van der Waals surface area contributed by atoms with E-state index < -0.39 is 10.1 Å². The van der Waals surface area contributed by atoms with E-state index in [9.17, 15) is 13.0 Å². The van der Waals surface area contributed by atoms with Gasteiger partial charge in [0.25, 0.3) is 0 Å². The van der Waals surface area contributed by atoms with Crippen molar-refractivity contribution in [3.05, 3.63) is 94.9 Å². The average Bonchev–Trinajstić information content (AvgIpc) is 2.76. The summed E-state index contributed by atoms with van der Waals surface area (Å²) in [6, 6.07) is 20.6.